The molecule has 2 atom stereocenters. The van der Waals surface area contributed by atoms with E-state index in [1.54, 1.807) is 12.1 Å². The maximum atomic E-state index is 12.2. The second-order valence-corrected chi connectivity index (χ2v) is 10.4. The molecule has 0 aliphatic carbocycles. The van der Waals surface area contributed by atoms with Gasteiger partial charge in [0.05, 0.1) is 45.3 Å². The highest BCUT2D eigenvalue weighted by Crippen LogP contribution is 2.28. The molecule has 0 N–H and O–H groups in total. The first-order chi connectivity index (χ1) is 20.1. The van der Waals surface area contributed by atoms with Crippen LogP contribution in [0, 0.1) is 25.1 Å². The number of ether oxygens (including phenoxy) is 2. The van der Waals surface area contributed by atoms with Crippen LogP contribution in [0.15, 0.2) is 36.4 Å². The predicted octanol–water partition coefficient (Wildman–Crippen LogP) is 8.32. The molecule has 0 radical (unpaired) electrons. The van der Waals surface area contributed by atoms with Gasteiger partial charge in [-0.25, -0.2) is 0 Å². The van der Waals surface area contributed by atoms with Crippen molar-refractivity contribution in [3.63, 3.8) is 0 Å². The highest BCUT2D eigenvalue weighted by Gasteiger charge is 2.24. The zero-order chi connectivity index (χ0) is 30.9. The van der Waals surface area contributed by atoms with E-state index in [9.17, 15) is 25.1 Å². The molecule has 12 nitrogen and oxygen atoms in total. The average molecular weight is 591 g/mol. The van der Waals surface area contributed by atoms with Crippen molar-refractivity contribution in [2.75, 3.05) is 0 Å². The van der Waals surface area contributed by atoms with Gasteiger partial charge in [0.15, 0.2) is 0 Å². The lowest BCUT2D eigenvalue weighted by molar-refractivity contribution is -0.987. The van der Waals surface area contributed by atoms with Crippen molar-refractivity contribution in [1.29, 1.82) is 0 Å². The van der Waals surface area contributed by atoms with E-state index in [0.29, 0.717) is 11.5 Å². The molecule has 0 heterocycles. The van der Waals surface area contributed by atoms with Crippen LogP contribution in [-0.4, -0.2) is 27.1 Å². The molecule has 2 rings (SSSR count). The Labute approximate surface area is 247 Å². The molecule has 232 valence electrons. The lowest BCUT2D eigenvalue weighted by Gasteiger charge is -2.15. The average Bonchev–Trinajstić information content (AvgIpc) is 2.96. The number of rotatable bonds is 22. The van der Waals surface area contributed by atoms with Crippen LogP contribution in [0.1, 0.15) is 103 Å². The molecule has 12 heteroatoms. The molecular weight excluding hydrogens is 546 g/mol. The monoisotopic (exact) mass is 590 g/mol. The van der Waals surface area contributed by atoms with Gasteiger partial charge in [0.25, 0.3) is 11.4 Å². The van der Waals surface area contributed by atoms with Gasteiger partial charge in [-0.2, -0.15) is 9.68 Å². The summed E-state index contributed by atoms with van der Waals surface area (Å²) in [6, 6.07) is 8.69. The van der Waals surface area contributed by atoms with Gasteiger partial charge in [0.2, 0.25) is 13.2 Å². The van der Waals surface area contributed by atoms with Crippen LogP contribution in [0.5, 0.6) is 11.5 Å². The SMILES string of the molecule is CCCCCCC(C)Oc1ccc(CO[N+](=O)OCc2ccc(OC(C)CCCCCC)cc2[N+](=O)[O-])c([N+](=O)[O-])c1. The molecule has 0 amide bonds. The lowest BCUT2D eigenvalue weighted by atomic mass is 10.1. The molecule has 42 heavy (non-hydrogen) atoms. The molecule has 2 aromatic rings. The van der Waals surface area contributed by atoms with Gasteiger partial charge < -0.3 is 9.47 Å². The van der Waals surface area contributed by atoms with Gasteiger partial charge in [0.1, 0.15) is 16.4 Å². The van der Waals surface area contributed by atoms with Crippen molar-refractivity contribution in [1.82, 2.24) is 0 Å². The Hall–Kier alpha value is -3.96. The number of nitrogens with zero attached hydrogens (tertiary/aromatic N) is 3. The van der Waals surface area contributed by atoms with Crippen molar-refractivity contribution in [2.24, 2.45) is 0 Å². The number of hydrogen-bond acceptors (Lipinski definition) is 9. The summed E-state index contributed by atoms with van der Waals surface area (Å²) in [5.41, 5.74) is -0.234. The Morgan fingerprint density at radius 3 is 1.40 bits per heavy atom. The fraction of sp³-hybridized carbons (Fsp3) is 0.600. The number of nitro benzene ring substituents is 2. The third-order valence-electron chi connectivity index (χ3n) is 6.76. The standard InChI is InChI=1S/C30H44N3O9/c1-5-7-9-11-13-23(3)41-27-17-15-25(29(19-27)31(34)35)21-39-33(38)40-22-26-16-18-28(20-30(26)32(36)37)42-24(4)14-12-10-8-6-2/h15-20,23-24H,5-14,21-22H2,1-4H3/q+1. The molecule has 0 saturated heterocycles. The van der Waals surface area contributed by atoms with Crippen molar-refractivity contribution < 1.29 is 34.1 Å². The number of nitro groups is 2. The van der Waals surface area contributed by atoms with E-state index < -0.39 is 23.1 Å². The summed E-state index contributed by atoms with van der Waals surface area (Å²) < 4.78 is 11.7. The molecule has 0 saturated carbocycles. The third-order valence-corrected chi connectivity index (χ3v) is 6.76. The maximum Gasteiger partial charge on any atom is 0.478 e. The minimum Gasteiger partial charge on any atom is -0.490 e. The van der Waals surface area contributed by atoms with Crippen LogP contribution >= 0.6 is 0 Å². The molecular formula is C30H44N3O9+. The van der Waals surface area contributed by atoms with Gasteiger partial charge in [-0.05, 0) is 63.8 Å². The first kappa shape index (κ1) is 34.2. The Bertz CT molecular complexity index is 1070. The normalized spacial score (nSPS) is 12.3. The zero-order valence-electron chi connectivity index (χ0n) is 25.1. The highest BCUT2D eigenvalue weighted by molar-refractivity contribution is 5.46. The van der Waals surface area contributed by atoms with Crippen molar-refractivity contribution in [3.8, 4) is 11.5 Å². The first-order valence-electron chi connectivity index (χ1n) is 14.8. The smallest absolute Gasteiger partial charge is 0.478 e. The van der Waals surface area contributed by atoms with E-state index in [1.807, 2.05) is 13.8 Å². The fourth-order valence-electron chi connectivity index (χ4n) is 4.40. The highest BCUT2D eigenvalue weighted by atomic mass is 17.0. The molecule has 0 fully saturated rings. The Morgan fingerprint density at radius 1 is 0.643 bits per heavy atom. The van der Waals surface area contributed by atoms with E-state index in [1.165, 1.54) is 24.3 Å². The zero-order valence-corrected chi connectivity index (χ0v) is 25.1. The van der Waals surface area contributed by atoms with Crippen LogP contribution < -0.4 is 9.47 Å². The number of unbranched alkanes of at least 4 members (excludes halogenated alkanes) is 6. The van der Waals surface area contributed by atoms with Gasteiger partial charge >= 0.3 is 5.09 Å². The fourth-order valence-corrected chi connectivity index (χ4v) is 4.40. The molecule has 0 aliphatic heterocycles. The number of benzene rings is 2. The van der Waals surface area contributed by atoms with Crippen LogP contribution in [0.4, 0.5) is 11.4 Å². The predicted molar refractivity (Wildman–Crippen MR) is 157 cm³/mol. The Balaban J connectivity index is 1.92. The first-order valence-corrected chi connectivity index (χ1v) is 14.8. The van der Waals surface area contributed by atoms with E-state index in [0.717, 1.165) is 64.2 Å². The minimum absolute atomic E-state index is 0.0993. The van der Waals surface area contributed by atoms with Crippen molar-refractivity contribution >= 4 is 11.4 Å². The third kappa shape index (κ3) is 12.3. The second-order valence-electron chi connectivity index (χ2n) is 10.4. The van der Waals surface area contributed by atoms with Gasteiger partial charge in [-0.15, -0.1) is 0 Å². The van der Waals surface area contributed by atoms with Gasteiger partial charge in [-0.3, -0.25) is 20.2 Å². The minimum atomic E-state index is -0.577. The van der Waals surface area contributed by atoms with Gasteiger partial charge in [0, 0.05) is 0 Å². The molecule has 2 unspecified atom stereocenters. The maximum absolute atomic E-state index is 12.2. The summed E-state index contributed by atoms with van der Waals surface area (Å²) in [6.45, 7) is 7.22. The molecule has 0 aromatic heterocycles. The lowest BCUT2D eigenvalue weighted by Crippen LogP contribution is -2.13. The topological polar surface area (TPSA) is 143 Å². The Morgan fingerprint density at radius 2 is 1.05 bits per heavy atom. The van der Waals surface area contributed by atoms with E-state index in [4.69, 9.17) is 19.1 Å². The van der Waals surface area contributed by atoms with Crippen LogP contribution in [0.3, 0.4) is 0 Å². The Kier molecular flexibility index (Phi) is 15.1. The van der Waals surface area contributed by atoms with Gasteiger partial charge in [-0.1, -0.05) is 52.4 Å². The van der Waals surface area contributed by atoms with Crippen LogP contribution in [-0.2, 0) is 22.9 Å². The summed E-state index contributed by atoms with van der Waals surface area (Å²) in [5, 5.41) is 23.1. The molecule has 2 aromatic carbocycles. The summed E-state index contributed by atoms with van der Waals surface area (Å²) in [5.74, 6) is 0.712. The molecule has 0 spiro atoms. The van der Waals surface area contributed by atoms with Crippen molar-refractivity contribution in [2.45, 2.75) is 117 Å². The molecule has 0 bridgehead atoms. The van der Waals surface area contributed by atoms with Crippen molar-refractivity contribution in [3.05, 3.63) is 72.7 Å². The second kappa shape index (κ2) is 18.5. The van der Waals surface area contributed by atoms with Crippen LogP contribution in [0.25, 0.3) is 0 Å². The van der Waals surface area contributed by atoms with E-state index in [-0.39, 0.29) is 39.8 Å². The largest absolute Gasteiger partial charge is 0.490 e. The van der Waals surface area contributed by atoms with E-state index in [2.05, 4.69) is 13.8 Å². The summed E-state index contributed by atoms with van der Waals surface area (Å²) >= 11 is 0. The summed E-state index contributed by atoms with van der Waals surface area (Å²) in [7, 11) is 0. The summed E-state index contributed by atoms with van der Waals surface area (Å²) in [6.07, 6.45) is 10.3. The van der Waals surface area contributed by atoms with E-state index >= 15 is 0 Å². The summed E-state index contributed by atoms with van der Waals surface area (Å²) in [4.78, 5) is 44.2. The quantitative estimate of drug-likeness (QED) is 0.0750. The van der Waals surface area contributed by atoms with Crippen LogP contribution in [0.2, 0.25) is 0 Å². The number of hydrogen-bond donors (Lipinski definition) is 0. The molecule has 0 aliphatic rings.